The van der Waals surface area contributed by atoms with Gasteiger partial charge in [-0.1, -0.05) is 24.3 Å². The van der Waals surface area contributed by atoms with Crippen LogP contribution in [0.1, 0.15) is 41.1 Å². The fraction of sp³-hybridized carbons (Fsp3) is 0.333. The van der Waals surface area contributed by atoms with Crippen LogP contribution in [0.3, 0.4) is 0 Å². The Morgan fingerprint density at radius 1 is 1.10 bits per heavy atom. The first kappa shape index (κ1) is 27.6. The van der Waals surface area contributed by atoms with Crippen molar-refractivity contribution in [1.82, 2.24) is 10.2 Å². The van der Waals surface area contributed by atoms with Crippen LogP contribution in [0.15, 0.2) is 60.7 Å². The SMILES string of the molecule is CS(=O)(=O)CCC(=O)N1CCc2cc3ccc2C1c1cccc(c1)OCCCNC(=O)Cc1ccc(F)c(c1)O3. The van der Waals surface area contributed by atoms with E-state index in [1.807, 2.05) is 36.4 Å². The summed E-state index contributed by atoms with van der Waals surface area (Å²) in [5.74, 6) is -0.108. The Morgan fingerprint density at radius 2 is 1.95 bits per heavy atom. The highest BCUT2D eigenvalue weighted by molar-refractivity contribution is 7.90. The molecule has 0 aromatic heterocycles. The highest BCUT2D eigenvalue weighted by Crippen LogP contribution is 2.39. The number of carbonyl (C=O) groups excluding carboxylic acids is 2. The largest absolute Gasteiger partial charge is 0.494 e. The molecule has 3 aliphatic heterocycles. The first-order valence-electron chi connectivity index (χ1n) is 13.2. The number of amides is 2. The average Bonchev–Trinajstić information content (AvgIpc) is 2.92. The number of carbonyl (C=O) groups is 2. The molecule has 8 bridgehead atoms. The molecule has 1 N–H and O–H groups in total. The molecule has 3 aliphatic rings. The van der Waals surface area contributed by atoms with Gasteiger partial charge in [0.05, 0.1) is 24.8 Å². The molecule has 0 fully saturated rings. The summed E-state index contributed by atoms with van der Waals surface area (Å²) < 4.78 is 50.0. The molecule has 6 rings (SSSR count). The smallest absolute Gasteiger partial charge is 0.224 e. The van der Waals surface area contributed by atoms with Crippen LogP contribution in [0.4, 0.5) is 4.39 Å². The van der Waals surface area contributed by atoms with Crippen LogP contribution in [0, 0.1) is 5.82 Å². The number of nitrogens with one attached hydrogen (secondary N) is 1. The van der Waals surface area contributed by atoms with Crippen molar-refractivity contribution in [2.24, 2.45) is 0 Å². The summed E-state index contributed by atoms with van der Waals surface area (Å²) in [7, 11) is -3.30. The third kappa shape index (κ3) is 6.62. The standard InChI is InChI=1S/C30H31FN2O6S/c1-40(36,37)15-11-29(35)33-13-10-21-18-24-7-8-25(21)30(33)22-4-2-5-23(19-22)38-14-3-12-32-28(34)17-20-6-9-26(31)27(16-20)39-24/h2,4-9,16,18-19,30H,3,10-15,17H2,1H3,(H,32,34). The molecule has 0 saturated heterocycles. The summed E-state index contributed by atoms with van der Waals surface area (Å²) in [6.45, 7) is 1.17. The minimum atomic E-state index is -3.30. The number of hydrogen-bond donors (Lipinski definition) is 1. The molecule has 3 aromatic rings. The fourth-order valence-electron chi connectivity index (χ4n) is 5.09. The van der Waals surface area contributed by atoms with Crippen molar-refractivity contribution in [3.63, 3.8) is 0 Å². The van der Waals surface area contributed by atoms with Gasteiger partial charge in [0.1, 0.15) is 21.3 Å². The van der Waals surface area contributed by atoms with E-state index >= 15 is 0 Å². The average molecular weight is 567 g/mol. The van der Waals surface area contributed by atoms with E-state index in [0.29, 0.717) is 49.6 Å². The number of benzene rings is 3. The minimum absolute atomic E-state index is 0.0224. The highest BCUT2D eigenvalue weighted by atomic mass is 32.2. The molecule has 0 aliphatic carbocycles. The van der Waals surface area contributed by atoms with Crippen molar-refractivity contribution in [2.45, 2.75) is 31.7 Å². The normalized spacial score (nSPS) is 17.5. The summed E-state index contributed by atoms with van der Waals surface area (Å²) in [6.07, 6.45) is 2.21. The van der Waals surface area contributed by atoms with Crippen LogP contribution >= 0.6 is 0 Å². The van der Waals surface area contributed by atoms with Gasteiger partial charge in [0.15, 0.2) is 11.6 Å². The number of sulfone groups is 1. The molecular formula is C30H31FN2O6S. The van der Waals surface area contributed by atoms with Crippen LogP contribution in [-0.4, -0.2) is 56.8 Å². The summed E-state index contributed by atoms with van der Waals surface area (Å²) in [5.41, 5.74) is 3.27. The van der Waals surface area contributed by atoms with Crippen molar-refractivity contribution in [2.75, 3.05) is 31.7 Å². The van der Waals surface area contributed by atoms with Gasteiger partial charge in [0.25, 0.3) is 0 Å². The lowest BCUT2D eigenvalue weighted by molar-refractivity contribution is -0.132. The maximum Gasteiger partial charge on any atom is 0.224 e. The van der Waals surface area contributed by atoms with E-state index in [-0.39, 0.29) is 36.2 Å². The third-order valence-electron chi connectivity index (χ3n) is 7.02. The number of ether oxygens (including phenoxy) is 2. The van der Waals surface area contributed by atoms with Gasteiger partial charge in [-0.05, 0) is 71.5 Å². The Hall–Kier alpha value is -3.92. The monoisotopic (exact) mass is 566 g/mol. The molecule has 8 nitrogen and oxygen atoms in total. The van der Waals surface area contributed by atoms with Crippen molar-refractivity contribution in [1.29, 1.82) is 0 Å². The van der Waals surface area contributed by atoms with Gasteiger partial charge in [-0.25, -0.2) is 12.8 Å². The van der Waals surface area contributed by atoms with E-state index in [0.717, 1.165) is 22.9 Å². The van der Waals surface area contributed by atoms with E-state index in [1.54, 1.807) is 17.0 Å². The van der Waals surface area contributed by atoms with E-state index in [1.165, 1.54) is 12.1 Å². The van der Waals surface area contributed by atoms with Gasteiger partial charge in [-0.15, -0.1) is 0 Å². The van der Waals surface area contributed by atoms with E-state index in [2.05, 4.69) is 5.32 Å². The molecule has 210 valence electrons. The molecule has 3 heterocycles. The minimum Gasteiger partial charge on any atom is -0.494 e. The molecule has 0 spiro atoms. The number of hydrogen-bond acceptors (Lipinski definition) is 6. The second kappa shape index (κ2) is 11.7. The first-order chi connectivity index (χ1) is 19.2. The summed E-state index contributed by atoms with van der Waals surface area (Å²) in [6, 6.07) is 16.8. The van der Waals surface area contributed by atoms with Crippen LogP contribution in [0.2, 0.25) is 0 Å². The molecule has 10 heteroatoms. The number of fused-ring (bicyclic) bond motifs is 7. The Labute approximate surface area is 233 Å². The Bertz CT molecular complexity index is 1540. The van der Waals surface area contributed by atoms with E-state index in [4.69, 9.17) is 9.47 Å². The zero-order valence-electron chi connectivity index (χ0n) is 22.2. The predicted molar refractivity (Wildman–Crippen MR) is 148 cm³/mol. The summed E-state index contributed by atoms with van der Waals surface area (Å²) in [4.78, 5) is 27.4. The van der Waals surface area contributed by atoms with Gasteiger partial charge in [-0.3, -0.25) is 9.59 Å². The van der Waals surface area contributed by atoms with Gasteiger partial charge in [0.2, 0.25) is 11.8 Å². The summed E-state index contributed by atoms with van der Waals surface area (Å²) >= 11 is 0. The number of rotatable bonds is 3. The van der Waals surface area contributed by atoms with Gasteiger partial charge in [-0.2, -0.15) is 0 Å². The maximum atomic E-state index is 14.6. The van der Waals surface area contributed by atoms with Crippen LogP contribution in [0.5, 0.6) is 17.2 Å². The molecule has 40 heavy (non-hydrogen) atoms. The highest BCUT2D eigenvalue weighted by Gasteiger charge is 2.33. The van der Waals surface area contributed by atoms with Crippen molar-refractivity contribution in [3.8, 4) is 17.2 Å². The Kier molecular flexibility index (Phi) is 8.07. The second-order valence-corrected chi connectivity index (χ2v) is 12.4. The number of nitrogens with zero attached hydrogens (tertiary/aromatic N) is 1. The molecule has 0 saturated carbocycles. The third-order valence-corrected chi connectivity index (χ3v) is 7.97. The summed E-state index contributed by atoms with van der Waals surface area (Å²) in [5, 5.41) is 2.86. The second-order valence-electron chi connectivity index (χ2n) is 10.1. The molecule has 1 unspecified atom stereocenters. The van der Waals surface area contributed by atoms with Crippen molar-refractivity contribution in [3.05, 3.63) is 88.7 Å². The van der Waals surface area contributed by atoms with Crippen molar-refractivity contribution >= 4 is 21.7 Å². The lowest BCUT2D eigenvalue weighted by Crippen LogP contribution is -2.41. The molecule has 2 amide bonds. The zero-order valence-corrected chi connectivity index (χ0v) is 23.0. The van der Waals surface area contributed by atoms with Gasteiger partial charge >= 0.3 is 0 Å². The Balaban J connectivity index is 1.54. The first-order valence-corrected chi connectivity index (χ1v) is 15.3. The van der Waals surface area contributed by atoms with Crippen LogP contribution < -0.4 is 14.8 Å². The van der Waals surface area contributed by atoms with E-state index < -0.39 is 21.7 Å². The quantitative estimate of drug-likeness (QED) is 0.515. The molecular weight excluding hydrogens is 535 g/mol. The topological polar surface area (TPSA) is 102 Å². The van der Waals surface area contributed by atoms with Crippen LogP contribution in [0.25, 0.3) is 0 Å². The zero-order chi connectivity index (χ0) is 28.3. The van der Waals surface area contributed by atoms with Gasteiger partial charge < -0.3 is 19.7 Å². The maximum absolute atomic E-state index is 14.6. The molecule has 3 aromatic carbocycles. The number of halogens is 1. The van der Waals surface area contributed by atoms with Crippen molar-refractivity contribution < 1.29 is 31.9 Å². The molecule has 1 atom stereocenters. The lowest BCUT2D eigenvalue weighted by atomic mass is 9.87. The predicted octanol–water partition coefficient (Wildman–Crippen LogP) is 3.97. The van der Waals surface area contributed by atoms with Gasteiger partial charge in [0, 0.05) is 25.8 Å². The van der Waals surface area contributed by atoms with Crippen LogP contribution in [-0.2, 0) is 32.3 Å². The molecule has 0 radical (unpaired) electrons. The Morgan fingerprint density at radius 3 is 2.77 bits per heavy atom. The lowest BCUT2D eigenvalue weighted by Gasteiger charge is -2.38. The van der Waals surface area contributed by atoms with E-state index in [9.17, 15) is 22.4 Å². The fourth-order valence-corrected chi connectivity index (χ4v) is 5.63.